The van der Waals surface area contributed by atoms with Gasteiger partial charge in [-0.25, -0.2) is 17.5 Å². The zero-order chi connectivity index (χ0) is 23.2. The van der Waals surface area contributed by atoms with Crippen molar-refractivity contribution in [2.45, 2.75) is 63.3 Å². The van der Waals surface area contributed by atoms with Crippen LogP contribution in [0.4, 0.5) is 4.39 Å². The zero-order valence-electron chi connectivity index (χ0n) is 17.9. The van der Waals surface area contributed by atoms with Gasteiger partial charge in [-0.05, 0) is 49.3 Å². The highest BCUT2D eigenvalue weighted by Crippen LogP contribution is 2.33. The van der Waals surface area contributed by atoms with Gasteiger partial charge in [-0.15, -0.1) is 0 Å². The maximum Gasteiger partial charge on any atom is 0.242 e. The first-order valence-corrected chi connectivity index (χ1v) is 12.4. The van der Waals surface area contributed by atoms with Gasteiger partial charge in [0.25, 0.3) is 0 Å². The van der Waals surface area contributed by atoms with Crippen molar-refractivity contribution in [2.24, 2.45) is 17.6 Å². The van der Waals surface area contributed by atoms with Gasteiger partial charge in [0, 0.05) is 19.5 Å². The largest absolute Gasteiger partial charge is 0.368 e. The van der Waals surface area contributed by atoms with Crippen LogP contribution >= 0.6 is 11.6 Å². The number of nitrogens with one attached hydrogen (secondary N) is 1. The van der Waals surface area contributed by atoms with Crippen molar-refractivity contribution in [1.82, 2.24) is 9.62 Å². The van der Waals surface area contributed by atoms with Gasteiger partial charge in [0.15, 0.2) is 0 Å². The number of nitrogens with two attached hydrogens (primary N) is 1. The van der Waals surface area contributed by atoms with E-state index in [-0.39, 0.29) is 41.3 Å². The average Bonchev–Trinajstić information content (AvgIpc) is 3.48. The molecule has 0 saturated heterocycles. The number of rotatable bonds is 13. The summed E-state index contributed by atoms with van der Waals surface area (Å²) in [5.41, 5.74) is 5.58. The van der Waals surface area contributed by atoms with E-state index < -0.39 is 27.8 Å². The Kier molecular flexibility index (Phi) is 9.27. The van der Waals surface area contributed by atoms with Crippen molar-refractivity contribution in [3.8, 4) is 0 Å². The first-order chi connectivity index (χ1) is 14.5. The molecule has 1 atom stereocenters. The van der Waals surface area contributed by atoms with Crippen LogP contribution in [-0.4, -0.2) is 44.3 Å². The quantitative estimate of drug-likeness (QED) is 0.427. The lowest BCUT2D eigenvalue weighted by Gasteiger charge is -2.31. The van der Waals surface area contributed by atoms with Gasteiger partial charge in [-0.3, -0.25) is 9.59 Å². The Morgan fingerprint density at radius 3 is 2.55 bits per heavy atom. The summed E-state index contributed by atoms with van der Waals surface area (Å²) in [4.78, 5) is 26.1. The normalized spacial score (nSPS) is 15.1. The highest BCUT2D eigenvalue weighted by Gasteiger charge is 2.30. The number of carbonyl (C=O) groups is 2. The monoisotopic (exact) mass is 475 g/mol. The van der Waals surface area contributed by atoms with Gasteiger partial charge < -0.3 is 10.6 Å². The Morgan fingerprint density at radius 1 is 1.32 bits per heavy atom. The molecule has 1 aliphatic rings. The zero-order valence-corrected chi connectivity index (χ0v) is 19.5. The predicted molar refractivity (Wildman–Crippen MR) is 117 cm³/mol. The molecule has 3 N–H and O–H groups in total. The average molecular weight is 476 g/mol. The van der Waals surface area contributed by atoms with E-state index in [4.69, 9.17) is 17.3 Å². The third-order valence-corrected chi connectivity index (χ3v) is 7.18. The number of amides is 2. The third kappa shape index (κ3) is 8.05. The van der Waals surface area contributed by atoms with Crippen LogP contribution in [0.3, 0.4) is 0 Å². The molecule has 2 amide bonds. The van der Waals surface area contributed by atoms with E-state index in [1.807, 2.05) is 13.8 Å². The summed E-state index contributed by atoms with van der Waals surface area (Å²) in [6.07, 6.45) is 4.14. The molecule has 1 aliphatic carbocycles. The minimum atomic E-state index is -3.94. The van der Waals surface area contributed by atoms with Crippen molar-refractivity contribution in [3.63, 3.8) is 0 Å². The van der Waals surface area contributed by atoms with Crippen molar-refractivity contribution < 1.29 is 22.4 Å². The molecule has 1 aromatic carbocycles. The van der Waals surface area contributed by atoms with Gasteiger partial charge >= 0.3 is 0 Å². The van der Waals surface area contributed by atoms with E-state index in [1.54, 1.807) is 0 Å². The van der Waals surface area contributed by atoms with Crippen LogP contribution in [-0.2, 0) is 19.6 Å². The minimum absolute atomic E-state index is 0.0234. The molecule has 0 heterocycles. The fourth-order valence-corrected chi connectivity index (χ4v) is 5.01. The van der Waals surface area contributed by atoms with Crippen LogP contribution in [0.25, 0.3) is 0 Å². The Morgan fingerprint density at radius 2 is 2.00 bits per heavy atom. The van der Waals surface area contributed by atoms with Crippen LogP contribution in [0, 0.1) is 17.7 Å². The van der Waals surface area contributed by atoms with E-state index >= 15 is 0 Å². The second kappa shape index (κ2) is 11.2. The first-order valence-electron chi connectivity index (χ1n) is 10.5. The molecule has 174 valence electrons. The van der Waals surface area contributed by atoms with E-state index in [0.717, 1.165) is 37.5 Å². The number of benzene rings is 1. The molecular formula is C21H31ClFN3O4S. The second-order valence-corrected chi connectivity index (χ2v) is 10.6. The van der Waals surface area contributed by atoms with Crippen molar-refractivity contribution in [3.05, 3.63) is 29.0 Å². The molecule has 2 rings (SSSR count). The van der Waals surface area contributed by atoms with Crippen LogP contribution in [0.15, 0.2) is 23.1 Å². The van der Waals surface area contributed by atoms with Gasteiger partial charge in [0.2, 0.25) is 21.8 Å². The number of sulfonamides is 1. The van der Waals surface area contributed by atoms with Crippen LogP contribution in [0.1, 0.15) is 52.4 Å². The van der Waals surface area contributed by atoms with Crippen LogP contribution < -0.4 is 10.5 Å². The molecular weight excluding hydrogens is 445 g/mol. The second-order valence-electron chi connectivity index (χ2n) is 8.44. The minimum Gasteiger partial charge on any atom is -0.368 e. The molecule has 0 aliphatic heterocycles. The van der Waals surface area contributed by atoms with E-state index in [0.29, 0.717) is 18.8 Å². The van der Waals surface area contributed by atoms with E-state index in [1.165, 1.54) is 4.90 Å². The summed E-state index contributed by atoms with van der Waals surface area (Å²) in [5, 5.41) is -0.213. The van der Waals surface area contributed by atoms with Crippen molar-refractivity contribution in [2.75, 3.05) is 13.1 Å². The number of hydrogen-bond donors (Lipinski definition) is 2. The van der Waals surface area contributed by atoms with Gasteiger partial charge in [0.05, 0.1) is 5.02 Å². The number of nitrogens with zero attached hydrogens (tertiary/aromatic N) is 1. The maximum absolute atomic E-state index is 13.2. The number of halogens is 2. The molecule has 0 radical (unpaired) electrons. The Bertz CT molecular complexity index is 891. The van der Waals surface area contributed by atoms with E-state index in [2.05, 4.69) is 4.72 Å². The molecule has 0 spiro atoms. The molecule has 1 aromatic rings. The van der Waals surface area contributed by atoms with Crippen molar-refractivity contribution >= 4 is 33.4 Å². The van der Waals surface area contributed by atoms with Crippen LogP contribution in [0.5, 0.6) is 0 Å². The maximum atomic E-state index is 13.2. The molecule has 10 heteroatoms. The SMILES string of the molecule is CC(C)C[C@@H](C(N)=O)N(CCCNS(=O)(=O)c1ccc(F)cc1Cl)C(=O)CCC1CC1. The summed E-state index contributed by atoms with van der Waals surface area (Å²) in [6.45, 7) is 4.12. The summed E-state index contributed by atoms with van der Waals surface area (Å²) >= 11 is 5.85. The Hall–Kier alpha value is -1.71. The number of hydrogen-bond acceptors (Lipinski definition) is 4. The lowest BCUT2D eigenvalue weighted by molar-refractivity contribution is -0.140. The predicted octanol–water partition coefficient (Wildman–Crippen LogP) is 3.07. The smallest absolute Gasteiger partial charge is 0.242 e. The molecule has 1 fully saturated rings. The lowest BCUT2D eigenvalue weighted by Crippen LogP contribution is -2.49. The van der Waals surface area contributed by atoms with Crippen molar-refractivity contribution in [1.29, 1.82) is 0 Å². The molecule has 0 aromatic heterocycles. The molecule has 0 bridgehead atoms. The molecule has 0 unspecified atom stereocenters. The summed E-state index contributed by atoms with van der Waals surface area (Å²) in [5.74, 6) is -0.592. The molecule has 31 heavy (non-hydrogen) atoms. The molecule has 1 saturated carbocycles. The fraction of sp³-hybridized carbons (Fsp3) is 0.619. The van der Waals surface area contributed by atoms with Crippen LogP contribution in [0.2, 0.25) is 5.02 Å². The first kappa shape index (κ1) is 25.5. The number of primary amides is 1. The topological polar surface area (TPSA) is 110 Å². The van der Waals surface area contributed by atoms with Gasteiger partial charge in [-0.1, -0.05) is 38.3 Å². The van der Waals surface area contributed by atoms with Gasteiger partial charge in [0.1, 0.15) is 16.8 Å². The third-order valence-electron chi connectivity index (χ3n) is 5.23. The summed E-state index contributed by atoms with van der Waals surface area (Å²) in [6, 6.07) is 2.32. The standard InChI is InChI=1S/C21H31ClFN3O4S/c1-14(2)12-18(21(24)28)26(20(27)9-6-15-4-5-15)11-3-10-25-31(29,30)19-8-7-16(23)13-17(19)22/h7-8,13-15,18,25H,3-6,9-12H2,1-2H3,(H2,24,28)/t18-/m0/s1. The van der Waals surface area contributed by atoms with E-state index in [9.17, 15) is 22.4 Å². The summed E-state index contributed by atoms with van der Waals surface area (Å²) in [7, 11) is -3.94. The molecule has 7 nitrogen and oxygen atoms in total. The lowest BCUT2D eigenvalue weighted by atomic mass is 10.0. The summed E-state index contributed by atoms with van der Waals surface area (Å²) < 4.78 is 40.5. The fourth-order valence-electron chi connectivity index (χ4n) is 3.40. The van der Waals surface area contributed by atoms with Gasteiger partial charge in [-0.2, -0.15) is 0 Å². The highest BCUT2D eigenvalue weighted by molar-refractivity contribution is 7.89. The Labute approximate surface area is 188 Å². The highest BCUT2D eigenvalue weighted by atomic mass is 35.5. The number of carbonyl (C=O) groups excluding carboxylic acids is 2. The Balaban J connectivity index is 2.00.